The summed E-state index contributed by atoms with van der Waals surface area (Å²) in [4.78, 5) is 6.92. The lowest BCUT2D eigenvalue weighted by Gasteiger charge is -2.19. The van der Waals surface area contributed by atoms with Gasteiger partial charge in [-0.2, -0.15) is 0 Å². The van der Waals surface area contributed by atoms with Gasteiger partial charge in [-0.05, 0) is 45.3 Å². The number of hydrogen-bond acceptors (Lipinski definition) is 4. The van der Waals surface area contributed by atoms with E-state index in [0.29, 0.717) is 6.04 Å². The summed E-state index contributed by atoms with van der Waals surface area (Å²) >= 11 is 1.68. The van der Waals surface area contributed by atoms with Crippen LogP contribution in [0.3, 0.4) is 0 Å². The zero-order valence-electron chi connectivity index (χ0n) is 10.7. The lowest BCUT2D eigenvalue weighted by molar-refractivity contribution is 0.282. The van der Waals surface area contributed by atoms with Crippen molar-refractivity contribution in [1.82, 2.24) is 15.2 Å². The van der Waals surface area contributed by atoms with Gasteiger partial charge in [0.2, 0.25) is 0 Å². The van der Waals surface area contributed by atoms with Gasteiger partial charge in [-0.25, -0.2) is 4.98 Å². The quantitative estimate of drug-likeness (QED) is 0.874. The standard InChI is InChI=1S/C13H23N3S/c1-2-6-16-7-3-4-12(5-8-16)14-9-13-10-17-11-15-13/h10-12,14H,2-9H2,1H3. The highest BCUT2D eigenvalue weighted by atomic mass is 32.1. The van der Waals surface area contributed by atoms with Crippen LogP contribution < -0.4 is 5.32 Å². The van der Waals surface area contributed by atoms with Crippen LogP contribution in [0, 0.1) is 0 Å². The highest BCUT2D eigenvalue weighted by molar-refractivity contribution is 7.07. The fourth-order valence-corrected chi connectivity index (χ4v) is 3.03. The molecule has 0 radical (unpaired) electrons. The Morgan fingerprint density at radius 3 is 3.18 bits per heavy atom. The number of likely N-dealkylation sites (tertiary alicyclic amines) is 1. The fourth-order valence-electron chi connectivity index (χ4n) is 2.47. The summed E-state index contributed by atoms with van der Waals surface area (Å²) in [7, 11) is 0. The van der Waals surface area contributed by atoms with Crippen molar-refractivity contribution in [3.05, 3.63) is 16.6 Å². The van der Waals surface area contributed by atoms with E-state index < -0.39 is 0 Å². The molecule has 0 amide bonds. The van der Waals surface area contributed by atoms with E-state index in [1.807, 2.05) is 5.51 Å². The Morgan fingerprint density at radius 1 is 1.47 bits per heavy atom. The van der Waals surface area contributed by atoms with Crippen molar-refractivity contribution in [2.24, 2.45) is 0 Å². The first-order valence-corrected chi connectivity index (χ1v) is 7.65. The molecule has 1 aromatic rings. The van der Waals surface area contributed by atoms with Crippen molar-refractivity contribution in [2.45, 2.75) is 45.2 Å². The number of rotatable bonds is 5. The molecule has 1 atom stereocenters. The Labute approximate surface area is 108 Å². The summed E-state index contributed by atoms with van der Waals surface area (Å²) in [6.07, 6.45) is 5.19. The second-order valence-electron chi connectivity index (χ2n) is 4.83. The van der Waals surface area contributed by atoms with Crippen LogP contribution in [0.15, 0.2) is 10.9 Å². The smallest absolute Gasteiger partial charge is 0.0795 e. The molecular formula is C13H23N3S. The SMILES string of the molecule is CCCN1CCCC(NCc2cscn2)CC1. The van der Waals surface area contributed by atoms with Crippen LogP contribution >= 0.6 is 11.3 Å². The average Bonchev–Trinajstić information content (AvgIpc) is 2.75. The normalized spacial score (nSPS) is 22.5. The second-order valence-corrected chi connectivity index (χ2v) is 5.55. The van der Waals surface area contributed by atoms with Crippen LogP contribution in [0.25, 0.3) is 0 Å². The minimum absolute atomic E-state index is 0.679. The summed E-state index contributed by atoms with van der Waals surface area (Å²) in [5.74, 6) is 0. The molecule has 0 spiro atoms. The molecule has 0 saturated carbocycles. The fraction of sp³-hybridized carbons (Fsp3) is 0.769. The second kappa shape index (κ2) is 7.09. The molecule has 1 N–H and O–H groups in total. The molecule has 0 aromatic carbocycles. The number of nitrogens with one attached hydrogen (secondary N) is 1. The molecule has 4 heteroatoms. The summed E-state index contributed by atoms with van der Waals surface area (Å²) in [5, 5.41) is 5.78. The van der Waals surface area contributed by atoms with Gasteiger partial charge in [0.25, 0.3) is 0 Å². The number of aromatic nitrogens is 1. The Kier molecular flexibility index (Phi) is 5.42. The molecule has 1 fully saturated rings. The Bertz CT molecular complexity index is 300. The maximum absolute atomic E-state index is 4.31. The lowest BCUT2D eigenvalue weighted by Crippen LogP contribution is -2.31. The molecule has 2 rings (SSSR count). The Balaban J connectivity index is 1.71. The maximum atomic E-state index is 4.31. The minimum atomic E-state index is 0.679. The van der Waals surface area contributed by atoms with Crippen molar-refractivity contribution in [3.63, 3.8) is 0 Å². The van der Waals surface area contributed by atoms with Crippen LogP contribution in [0.5, 0.6) is 0 Å². The molecule has 1 saturated heterocycles. The van der Waals surface area contributed by atoms with Gasteiger partial charge in [-0.1, -0.05) is 6.92 Å². The molecular weight excluding hydrogens is 230 g/mol. The number of nitrogens with zero attached hydrogens (tertiary/aromatic N) is 2. The first-order chi connectivity index (χ1) is 8.38. The zero-order chi connectivity index (χ0) is 11.9. The highest BCUT2D eigenvalue weighted by Gasteiger charge is 2.15. The monoisotopic (exact) mass is 253 g/mol. The van der Waals surface area contributed by atoms with Crippen LogP contribution in [-0.2, 0) is 6.54 Å². The summed E-state index contributed by atoms with van der Waals surface area (Å²) in [6.45, 7) is 6.99. The topological polar surface area (TPSA) is 28.2 Å². The van der Waals surface area contributed by atoms with E-state index in [-0.39, 0.29) is 0 Å². The molecule has 1 aromatic heterocycles. The third kappa shape index (κ3) is 4.37. The predicted molar refractivity (Wildman–Crippen MR) is 73.3 cm³/mol. The van der Waals surface area contributed by atoms with Crippen molar-refractivity contribution in [1.29, 1.82) is 0 Å². The largest absolute Gasteiger partial charge is 0.308 e. The van der Waals surface area contributed by atoms with Gasteiger partial charge in [0, 0.05) is 18.0 Å². The molecule has 1 aliphatic rings. The van der Waals surface area contributed by atoms with Gasteiger partial charge in [0.05, 0.1) is 11.2 Å². The van der Waals surface area contributed by atoms with E-state index in [0.717, 1.165) is 6.54 Å². The van der Waals surface area contributed by atoms with E-state index in [4.69, 9.17) is 0 Å². The van der Waals surface area contributed by atoms with Gasteiger partial charge in [0.15, 0.2) is 0 Å². The van der Waals surface area contributed by atoms with Crippen LogP contribution in [-0.4, -0.2) is 35.6 Å². The molecule has 0 bridgehead atoms. The molecule has 17 heavy (non-hydrogen) atoms. The average molecular weight is 253 g/mol. The van der Waals surface area contributed by atoms with E-state index in [2.05, 4.69) is 27.5 Å². The van der Waals surface area contributed by atoms with Crippen LogP contribution in [0.4, 0.5) is 0 Å². The van der Waals surface area contributed by atoms with Crippen molar-refractivity contribution in [3.8, 4) is 0 Å². The van der Waals surface area contributed by atoms with Gasteiger partial charge in [-0.15, -0.1) is 11.3 Å². The summed E-state index contributed by atoms with van der Waals surface area (Å²) in [5.41, 5.74) is 3.09. The van der Waals surface area contributed by atoms with Crippen molar-refractivity contribution in [2.75, 3.05) is 19.6 Å². The number of thiazole rings is 1. The maximum Gasteiger partial charge on any atom is 0.0795 e. The zero-order valence-corrected chi connectivity index (χ0v) is 11.5. The van der Waals surface area contributed by atoms with E-state index >= 15 is 0 Å². The molecule has 1 unspecified atom stereocenters. The third-order valence-corrected chi connectivity index (χ3v) is 4.05. The van der Waals surface area contributed by atoms with E-state index in [9.17, 15) is 0 Å². The minimum Gasteiger partial charge on any atom is -0.308 e. The third-order valence-electron chi connectivity index (χ3n) is 3.42. The van der Waals surface area contributed by atoms with Gasteiger partial charge >= 0.3 is 0 Å². The van der Waals surface area contributed by atoms with Crippen LogP contribution in [0.1, 0.15) is 38.3 Å². The van der Waals surface area contributed by atoms with E-state index in [1.54, 1.807) is 11.3 Å². The molecule has 3 nitrogen and oxygen atoms in total. The van der Waals surface area contributed by atoms with Crippen molar-refractivity contribution >= 4 is 11.3 Å². The first-order valence-electron chi connectivity index (χ1n) is 6.71. The summed E-state index contributed by atoms with van der Waals surface area (Å²) < 4.78 is 0. The Morgan fingerprint density at radius 2 is 2.41 bits per heavy atom. The number of hydrogen-bond donors (Lipinski definition) is 1. The Hall–Kier alpha value is -0.450. The summed E-state index contributed by atoms with van der Waals surface area (Å²) in [6, 6.07) is 0.679. The van der Waals surface area contributed by atoms with Crippen LogP contribution in [0.2, 0.25) is 0 Å². The van der Waals surface area contributed by atoms with Gasteiger partial charge in [0.1, 0.15) is 0 Å². The molecule has 2 heterocycles. The lowest BCUT2D eigenvalue weighted by atomic mass is 10.1. The van der Waals surface area contributed by atoms with E-state index in [1.165, 1.54) is 51.0 Å². The molecule has 96 valence electrons. The molecule has 0 aliphatic carbocycles. The molecule has 1 aliphatic heterocycles. The van der Waals surface area contributed by atoms with Gasteiger partial charge < -0.3 is 10.2 Å². The highest BCUT2D eigenvalue weighted by Crippen LogP contribution is 2.12. The van der Waals surface area contributed by atoms with Gasteiger partial charge in [-0.3, -0.25) is 0 Å². The predicted octanol–water partition coefficient (Wildman–Crippen LogP) is 2.50. The van der Waals surface area contributed by atoms with Crippen molar-refractivity contribution < 1.29 is 0 Å². The first kappa shape index (κ1) is 13.0.